The van der Waals surface area contributed by atoms with Crippen LogP contribution in [-0.4, -0.2) is 16.7 Å². The van der Waals surface area contributed by atoms with E-state index in [0.29, 0.717) is 12.3 Å². The van der Waals surface area contributed by atoms with Crippen molar-refractivity contribution >= 4 is 0 Å². The van der Waals surface area contributed by atoms with Gasteiger partial charge in [0.15, 0.2) is 0 Å². The molecular weight excluding hydrogens is 176 g/mol. The number of nitrogens with two attached hydrogens (primary N) is 1. The summed E-state index contributed by atoms with van der Waals surface area (Å²) in [5.41, 5.74) is 7.90. The van der Waals surface area contributed by atoms with E-state index in [0.717, 1.165) is 11.3 Å². The zero-order chi connectivity index (χ0) is 10.6. The third kappa shape index (κ3) is 2.79. The summed E-state index contributed by atoms with van der Waals surface area (Å²) in [5.74, 6) is 0.443. The maximum Gasteiger partial charge on any atom is 0.0449 e. The van der Waals surface area contributed by atoms with Crippen LogP contribution >= 0.6 is 0 Å². The topological polar surface area (TPSA) is 59.1 Å². The number of hydrogen-bond acceptors (Lipinski definition) is 3. The Balaban J connectivity index is 2.72. The highest BCUT2D eigenvalue weighted by molar-refractivity contribution is 5.18. The van der Waals surface area contributed by atoms with Crippen molar-refractivity contribution in [1.82, 2.24) is 4.98 Å². The summed E-state index contributed by atoms with van der Waals surface area (Å²) in [5, 5.41) is 8.74. The fourth-order valence-electron chi connectivity index (χ4n) is 1.28. The van der Waals surface area contributed by atoms with Gasteiger partial charge in [0, 0.05) is 24.5 Å². The number of aromatic nitrogens is 1. The fourth-order valence-corrected chi connectivity index (χ4v) is 1.28. The van der Waals surface area contributed by atoms with E-state index in [1.807, 2.05) is 12.1 Å². The molecule has 0 saturated carbocycles. The van der Waals surface area contributed by atoms with Crippen molar-refractivity contribution < 1.29 is 5.11 Å². The van der Waals surface area contributed by atoms with Gasteiger partial charge in [0.2, 0.25) is 0 Å². The van der Waals surface area contributed by atoms with Crippen LogP contribution in [0, 0.1) is 0 Å². The molecule has 3 heteroatoms. The summed E-state index contributed by atoms with van der Waals surface area (Å²) >= 11 is 0. The van der Waals surface area contributed by atoms with Crippen LogP contribution in [0.5, 0.6) is 0 Å². The zero-order valence-electron chi connectivity index (χ0n) is 8.77. The van der Waals surface area contributed by atoms with Crippen LogP contribution < -0.4 is 5.73 Å². The van der Waals surface area contributed by atoms with Gasteiger partial charge in [-0.15, -0.1) is 0 Å². The number of rotatable bonds is 4. The second-order valence-electron chi connectivity index (χ2n) is 3.79. The maximum absolute atomic E-state index is 8.74. The Morgan fingerprint density at radius 2 is 2.14 bits per heavy atom. The number of hydrogen-bond donors (Lipinski definition) is 2. The van der Waals surface area contributed by atoms with Crippen molar-refractivity contribution in [1.29, 1.82) is 0 Å². The first-order valence-electron chi connectivity index (χ1n) is 4.97. The van der Waals surface area contributed by atoms with Crippen LogP contribution in [0.2, 0.25) is 0 Å². The van der Waals surface area contributed by atoms with Crippen LogP contribution in [0.4, 0.5) is 0 Å². The Bertz CT molecular complexity index is 269. The lowest BCUT2D eigenvalue weighted by Gasteiger charge is -2.11. The molecule has 3 N–H and O–H groups in total. The molecule has 0 spiro atoms. The van der Waals surface area contributed by atoms with Gasteiger partial charge >= 0.3 is 0 Å². The maximum atomic E-state index is 8.74. The molecule has 0 radical (unpaired) electrons. The molecule has 0 bridgehead atoms. The summed E-state index contributed by atoms with van der Waals surface area (Å²) in [4.78, 5) is 4.32. The fraction of sp³-hybridized carbons (Fsp3) is 0.545. The number of aliphatic hydroxyl groups excluding tert-OH is 1. The van der Waals surface area contributed by atoms with E-state index in [4.69, 9.17) is 10.8 Å². The molecule has 78 valence electrons. The summed E-state index contributed by atoms with van der Waals surface area (Å²) in [7, 11) is 0. The van der Waals surface area contributed by atoms with Crippen molar-refractivity contribution in [2.45, 2.75) is 32.2 Å². The number of pyridine rings is 1. The summed E-state index contributed by atoms with van der Waals surface area (Å²) in [6.45, 7) is 4.33. The molecule has 0 amide bonds. The van der Waals surface area contributed by atoms with Crippen molar-refractivity contribution in [3.05, 3.63) is 29.6 Å². The van der Waals surface area contributed by atoms with Crippen molar-refractivity contribution in [2.75, 3.05) is 6.61 Å². The third-order valence-electron chi connectivity index (χ3n) is 2.27. The molecule has 0 aliphatic heterocycles. The smallest absolute Gasteiger partial charge is 0.0449 e. The van der Waals surface area contributed by atoms with Crippen molar-refractivity contribution in [3.8, 4) is 0 Å². The van der Waals surface area contributed by atoms with Gasteiger partial charge in [-0.1, -0.05) is 19.9 Å². The summed E-state index contributed by atoms with van der Waals surface area (Å²) < 4.78 is 0. The minimum atomic E-state index is -0.103. The first-order chi connectivity index (χ1) is 6.65. The minimum absolute atomic E-state index is 0.103. The number of aliphatic hydroxyl groups is 1. The Morgan fingerprint density at radius 1 is 1.43 bits per heavy atom. The lowest BCUT2D eigenvalue weighted by Crippen LogP contribution is -2.12. The largest absolute Gasteiger partial charge is 0.396 e. The molecule has 1 heterocycles. The first kappa shape index (κ1) is 11.1. The molecule has 0 aliphatic rings. The lowest BCUT2D eigenvalue weighted by atomic mass is 10.0. The van der Waals surface area contributed by atoms with Crippen molar-refractivity contribution in [3.63, 3.8) is 0 Å². The minimum Gasteiger partial charge on any atom is -0.396 e. The van der Waals surface area contributed by atoms with Crippen LogP contribution in [0.1, 0.15) is 43.5 Å². The standard InChI is InChI=1S/C11H18N2O/c1-8(2)11-4-3-9(7-13-11)10(12)5-6-14/h3-4,7-8,10,14H,5-6,12H2,1-2H3. The molecule has 1 rings (SSSR count). The molecule has 3 nitrogen and oxygen atoms in total. The molecule has 1 aromatic heterocycles. The van der Waals surface area contributed by atoms with E-state index in [2.05, 4.69) is 18.8 Å². The Morgan fingerprint density at radius 3 is 2.57 bits per heavy atom. The van der Waals surface area contributed by atoms with Gasteiger partial charge in [-0.2, -0.15) is 0 Å². The van der Waals surface area contributed by atoms with E-state index >= 15 is 0 Å². The third-order valence-corrected chi connectivity index (χ3v) is 2.27. The highest BCUT2D eigenvalue weighted by Gasteiger charge is 2.06. The van der Waals surface area contributed by atoms with E-state index in [1.165, 1.54) is 0 Å². The molecule has 0 aliphatic carbocycles. The predicted molar refractivity (Wildman–Crippen MR) is 57.0 cm³/mol. The number of nitrogens with zero attached hydrogens (tertiary/aromatic N) is 1. The zero-order valence-corrected chi connectivity index (χ0v) is 8.77. The molecule has 1 atom stereocenters. The van der Waals surface area contributed by atoms with Gasteiger partial charge in [-0.05, 0) is 24.0 Å². The van der Waals surface area contributed by atoms with Crippen LogP contribution in [0.15, 0.2) is 18.3 Å². The molecule has 0 aromatic carbocycles. The van der Waals surface area contributed by atoms with Gasteiger partial charge < -0.3 is 10.8 Å². The van der Waals surface area contributed by atoms with E-state index in [9.17, 15) is 0 Å². The van der Waals surface area contributed by atoms with Gasteiger partial charge in [-0.3, -0.25) is 4.98 Å². The SMILES string of the molecule is CC(C)c1ccc(C(N)CCO)cn1. The first-order valence-corrected chi connectivity index (χ1v) is 4.97. The summed E-state index contributed by atoms with van der Waals surface area (Å²) in [6, 6.07) is 3.88. The van der Waals surface area contributed by atoms with Gasteiger partial charge in [0.25, 0.3) is 0 Å². The van der Waals surface area contributed by atoms with E-state index in [1.54, 1.807) is 6.20 Å². The average molecular weight is 194 g/mol. The average Bonchev–Trinajstić information content (AvgIpc) is 2.18. The van der Waals surface area contributed by atoms with E-state index < -0.39 is 0 Å². The van der Waals surface area contributed by atoms with Gasteiger partial charge in [-0.25, -0.2) is 0 Å². The second kappa shape index (κ2) is 5.08. The normalized spacial score (nSPS) is 13.2. The van der Waals surface area contributed by atoms with Crippen molar-refractivity contribution in [2.24, 2.45) is 5.73 Å². The van der Waals surface area contributed by atoms with Crippen LogP contribution in [0.25, 0.3) is 0 Å². The molecule has 0 saturated heterocycles. The van der Waals surface area contributed by atoms with Crippen LogP contribution in [-0.2, 0) is 0 Å². The molecule has 0 fully saturated rings. The van der Waals surface area contributed by atoms with Gasteiger partial charge in [0.05, 0.1) is 0 Å². The molecule has 1 aromatic rings. The Kier molecular flexibility index (Phi) is 4.04. The van der Waals surface area contributed by atoms with E-state index in [-0.39, 0.29) is 12.6 Å². The molecular formula is C11H18N2O. The summed E-state index contributed by atoms with van der Waals surface area (Å²) in [6.07, 6.45) is 2.39. The second-order valence-corrected chi connectivity index (χ2v) is 3.79. The molecule has 14 heavy (non-hydrogen) atoms. The monoisotopic (exact) mass is 194 g/mol. The van der Waals surface area contributed by atoms with Crippen LogP contribution in [0.3, 0.4) is 0 Å². The van der Waals surface area contributed by atoms with Gasteiger partial charge in [0.1, 0.15) is 0 Å². The lowest BCUT2D eigenvalue weighted by molar-refractivity contribution is 0.276. The highest BCUT2D eigenvalue weighted by atomic mass is 16.3. The Labute approximate surface area is 85.0 Å². The predicted octanol–water partition coefficient (Wildman–Crippen LogP) is 1.59. The highest BCUT2D eigenvalue weighted by Crippen LogP contribution is 2.16. The Hall–Kier alpha value is -0.930. The quantitative estimate of drug-likeness (QED) is 0.765. The molecule has 1 unspecified atom stereocenters.